The summed E-state index contributed by atoms with van der Waals surface area (Å²) in [5.41, 5.74) is 1.44. The molecule has 7 heteroatoms. The van der Waals surface area contributed by atoms with Crippen LogP contribution in [0.3, 0.4) is 0 Å². The summed E-state index contributed by atoms with van der Waals surface area (Å²) in [4.78, 5) is 21.3. The normalized spacial score (nSPS) is 22.6. The maximum Gasteiger partial charge on any atom is 0.298 e. The molecule has 0 bridgehead atoms. The van der Waals surface area contributed by atoms with Gasteiger partial charge in [-0.2, -0.15) is 4.98 Å². The summed E-state index contributed by atoms with van der Waals surface area (Å²) in [5, 5.41) is 10.3. The first-order valence-electron chi connectivity index (χ1n) is 8.88. The third-order valence-electron chi connectivity index (χ3n) is 5.16. The average Bonchev–Trinajstić information content (AvgIpc) is 3.05. The van der Waals surface area contributed by atoms with Crippen molar-refractivity contribution in [2.45, 2.75) is 31.8 Å². The number of oxazole rings is 1. The number of benzene rings is 1. The van der Waals surface area contributed by atoms with Crippen molar-refractivity contribution in [3.8, 4) is 0 Å². The van der Waals surface area contributed by atoms with Crippen LogP contribution in [0, 0.1) is 5.92 Å². The number of hydrogen-bond acceptors (Lipinski definition) is 5. The van der Waals surface area contributed by atoms with E-state index < -0.39 is 0 Å². The summed E-state index contributed by atoms with van der Waals surface area (Å²) in [6.07, 6.45) is 2.91. The number of anilines is 1. The fraction of sp³-hybridized carbons (Fsp3) is 0.556. The van der Waals surface area contributed by atoms with Crippen molar-refractivity contribution in [3.63, 3.8) is 0 Å². The Morgan fingerprint density at radius 3 is 2.84 bits per heavy atom. The fourth-order valence-electron chi connectivity index (χ4n) is 3.72. The van der Waals surface area contributed by atoms with Crippen molar-refractivity contribution in [2.24, 2.45) is 5.92 Å². The first-order valence-corrected chi connectivity index (χ1v) is 9.26. The van der Waals surface area contributed by atoms with Gasteiger partial charge in [-0.25, -0.2) is 0 Å². The second-order valence-electron chi connectivity index (χ2n) is 6.95. The van der Waals surface area contributed by atoms with E-state index in [1.807, 2.05) is 11.0 Å². The van der Waals surface area contributed by atoms with Crippen LogP contribution in [0.25, 0.3) is 11.1 Å². The van der Waals surface area contributed by atoms with E-state index in [1.165, 1.54) is 0 Å². The SMILES string of the molecule is O=C(C1CCCN(c2nc3cc(Cl)ccc3o2)C1)N1CCC(O)CC1. The van der Waals surface area contributed by atoms with E-state index in [0.717, 1.165) is 24.9 Å². The molecule has 25 heavy (non-hydrogen) atoms. The van der Waals surface area contributed by atoms with Crippen molar-refractivity contribution >= 4 is 34.6 Å². The fourth-order valence-corrected chi connectivity index (χ4v) is 3.89. The van der Waals surface area contributed by atoms with Crippen molar-refractivity contribution < 1.29 is 14.3 Å². The molecule has 0 radical (unpaired) electrons. The molecule has 1 aromatic heterocycles. The maximum absolute atomic E-state index is 12.8. The number of carbonyl (C=O) groups excluding carboxylic acids is 1. The van der Waals surface area contributed by atoms with Crippen LogP contribution in [0.2, 0.25) is 5.02 Å². The van der Waals surface area contributed by atoms with Gasteiger partial charge in [-0.15, -0.1) is 0 Å². The Labute approximate surface area is 151 Å². The highest BCUT2D eigenvalue weighted by molar-refractivity contribution is 6.31. The van der Waals surface area contributed by atoms with Gasteiger partial charge in [-0.05, 0) is 43.9 Å². The highest BCUT2D eigenvalue weighted by atomic mass is 35.5. The van der Waals surface area contributed by atoms with Gasteiger partial charge in [0.2, 0.25) is 5.91 Å². The molecule has 134 valence electrons. The van der Waals surface area contributed by atoms with E-state index in [-0.39, 0.29) is 17.9 Å². The molecule has 1 N–H and O–H groups in total. The predicted molar refractivity (Wildman–Crippen MR) is 95.8 cm³/mol. The highest BCUT2D eigenvalue weighted by Gasteiger charge is 2.32. The van der Waals surface area contributed by atoms with Crippen LogP contribution < -0.4 is 4.90 Å². The third-order valence-corrected chi connectivity index (χ3v) is 5.39. The highest BCUT2D eigenvalue weighted by Crippen LogP contribution is 2.29. The molecule has 2 fully saturated rings. The van der Waals surface area contributed by atoms with E-state index >= 15 is 0 Å². The zero-order valence-corrected chi connectivity index (χ0v) is 14.8. The Morgan fingerprint density at radius 1 is 1.24 bits per heavy atom. The number of halogens is 1. The molecule has 2 aliphatic rings. The molecule has 2 aliphatic heterocycles. The topological polar surface area (TPSA) is 69.8 Å². The number of aliphatic hydroxyl groups excluding tert-OH is 1. The molecule has 3 heterocycles. The molecule has 0 spiro atoms. The van der Waals surface area contributed by atoms with Gasteiger partial charge in [0.05, 0.1) is 12.0 Å². The van der Waals surface area contributed by atoms with E-state index in [0.29, 0.717) is 49.1 Å². The molecule has 2 aromatic rings. The minimum Gasteiger partial charge on any atom is -0.423 e. The Kier molecular flexibility index (Phi) is 4.56. The number of carbonyl (C=O) groups is 1. The predicted octanol–water partition coefficient (Wildman–Crippen LogP) is 2.68. The molecule has 2 saturated heterocycles. The number of aliphatic hydroxyl groups is 1. The minimum absolute atomic E-state index is 0.0393. The average molecular weight is 364 g/mol. The van der Waals surface area contributed by atoms with Gasteiger partial charge in [-0.1, -0.05) is 11.6 Å². The summed E-state index contributed by atoms with van der Waals surface area (Å²) < 4.78 is 5.85. The van der Waals surface area contributed by atoms with Crippen LogP contribution in [-0.4, -0.2) is 53.2 Å². The first-order chi connectivity index (χ1) is 12.1. The van der Waals surface area contributed by atoms with Crippen LogP contribution in [0.4, 0.5) is 6.01 Å². The largest absolute Gasteiger partial charge is 0.423 e. The van der Waals surface area contributed by atoms with Gasteiger partial charge in [0.25, 0.3) is 6.01 Å². The molecule has 1 atom stereocenters. The standard InChI is InChI=1S/C18H22ClN3O3/c19-13-3-4-16-15(10-13)20-18(25-16)22-7-1-2-12(11-22)17(24)21-8-5-14(23)6-9-21/h3-4,10,12,14,23H,1-2,5-9,11H2. The molecule has 1 unspecified atom stereocenters. The lowest BCUT2D eigenvalue weighted by molar-refractivity contribution is -0.137. The monoisotopic (exact) mass is 363 g/mol. The number of aromatic nitrogens is 1. The molecule has 1 aromatic carbocycles. The molecular weight excluding hydrogens is 342 g/mol. The van der Waals surface area contributed by atoms with Gasteiger partial charge in [0.15, 0.2) is 5.58 Å². The molecule has 1 amide bonds. The summed E-state index contributed by atoms with van der Waals surface area (Å²) in [6.45, 7) is 2.76. The molecule has 6 nitrogen and oxygen atoms in total. The summed E-state index contributed by atoms with van der Waals surface area (Å²) in [6, 6.07) is 5.95. The summed E-state index contributed by atoms with van der Waals surface area (Å²) in [7, 11) is 0. The number of rotatable bonds is 2. The molecule has 0 aliphatic carbocycles. The zero-order valence-electron chi connectivity index (χ0n) is 14.0. The van der Waals surface area contributed by atoms with Gasteiger partial charge in [-0.3, -0.25) is 4.79 Å². The van der Waals surface area contributed by atoms with Crippen molar-refractivity contribution in [1.29, 1.82) is 0 Å². The minimum atomic E-state index is -0.265. The van der Waals surface area contributed by atoms with Crippen LogP contribution in [0.15, 0.2) is 22.6 Å². The van der Waals surface area contributed by atoms with Gasteiger partial charge in [0, 0.05) is 31.2 Å². The number of fused-ring (bicyclic) bond motifs is 1. The van der Waals surface area contributed by atoms with E-state index in [9.17, 15) is 9.90 Å². The number of hydrogen-bond donors (Lipinski definition) is 1. The smallest absolute Gasteiger partial charge is 0.298 e. The number of likely N-dealkylation sites (tertiary alicyclic amines) is 1. The lowest BCUT2D eigenvalue weighted by Gasteiger charge is -2.36. The van der Waals surface area contributed by atoms with Gasteiger partial charge in [0.1, 0.15) is 5.52 Å². The lowest BCUT2D eigenvalue weighted by atomic mass is 9.95. The van der Waals surface area contributed by atoms with E-state index in [1.54, 1.807) is 12.1 Å². The van der Waals surface area contributed by atoms with E-state index in [4.69, 9.17) is 16.0 Å². The second kappa shape index (κ2) is 6.84. The zero-order chi connectivity index (χ0) is 17.4. The number of piperidine rings is 2. The van der Waals surface area contributed by atoms with Crippen LogP contribution >= 0.6 is 11.6 Å². The summed E-state index contributed by atoms with van der Waals surface area (Å²) in [5.74, 6) is 0.151. The van der Waals surface area contributed by atoms with Crippen molar-refractivity contribution in [1.82, 2.24) is 9.88 Å². The Morgan fingerprint density at radius 2 is 2.04 bits per heavy atom. The third kappa shape index (κ3) is 3.46. The van der Waals surface area contributed by atoms with Crippen LogP contribution in [0.5, 0.6) is 0 Å². The van der Waals surface area contributed by atoms with Crippen LogP contribution in [-0.2, 0) is 4.79 Å². The quantitative estimate of drug-likeness (QED) is 0.888. The molecule has 0 saturated carbocycles. The Hall–Kier alpha value is -1.79. The molecular formula is C18H22ClN3O3. The lowest BCUT2D eigenvalue weighted by Crippen LogP contribution is -2.48. The number of amides is 1. The Balaban J connectivity index is 1.47. The van der Waals surface area contributed by atoms with Crippen LogP contribution in [0.1, 0.15) is 25.7 Å². The van der Waals surface area contributed by atoms with E-state index in [2.05, 4.69) is 9.88 Å². The van der Waals surface area contributed by atoms with Gasteiger partial charge < -0.3 is 19.3 Å². The van der Waals surface area contributed by atoms with Crippen molar-refractivity contribution in [2.75, 3.05) is 31.1 Å². The maximum atomic E-state index is 12.8. The first kappa shape index (κ1) is 16.7. The Bertz CT molecular complexity index is 770. The second-order valence-corrected chi connectivity index (χ2v) is 7.39. The van der Waals surface area contributed by atoms with Crippen molar-refractivity contribution in [3.05, 3.63) is 23.2 Å². The number of nitrogens with zero attached hydrogens (tertiary/aromatic N) is 3. The molecule has 4 rings (SSSR count). The summed E-state index contributed by atoms with van der Waals surface area (Å²) >= 11 is 6.01. The van der Waals surface area contributed by atoms with Gasteiger partial charge >= 0.3 is 0 Å².